The van der Waals surface area contributed by atoms with Crippen molar-refractivity contribution in [3.05, 3.63) is 45.7 Å². The van der Waals surface area contributed by atoms with Crippen molar-refractivity contribution in [3.63, 3.8) is 0 Å². The maximum Gasteiger partial charge on any atom is 0.331 e. The minimum Gasteiger partial charge on any atom is -0.324 e. The molecule has 21 heavy (non-hydrogen) atoms. The second-order valence-corrected chi connectivity index (χ2v) is 7.59. The van der Waals surface area contributed by atoms with Crippen LogP contribution in [0, 0.1) is 0 Å². The van der Waals surface area contributed by atoms with Gasteiger partial charge < -0.3 is 9.79 Å². The van der Waals surface area contributed by atoms with E-state index in [2.05, 4.69) is 5.10 Å². The molecule has 2 N–H and O–H groups in total. The predicted molar refractivity (Wildman–Crippen MR) is 81.3 cm³/mol. The van der Waals surface area contributed by atoms with Crippen molar-refractivity contribution < 1.29 is 14.4 Å². The van der Waals surface area contributed by atoms with Crippen molar-refractivity contribution in [2.75, 3.05) is 0 Å². The van der Waals surface area contributed by atoms with Gasteiger partial charge in [0.05, 0.1) is 28.1 Å². The zero-order valence-electron chi connectivity index (χ0n) is 10.9. The van der Waals surface area contributed by atoms with Crippen LogP contribution in [0.1, 0.15) is 30.0 Å². The van der Waals surface area contributed by atoms with Crippen LogP contribution >= 0.6 is 30.8 Å². The summed E-state index contributed by atoms with van der Waals surface area (Å²) in [6.07, 6.45) is 3.30. The monoisotopic (exact) mass is 346 g/mol. The fraction of sp³-hybridized carbons (Fsp3) is 0.308. The molecule has 0 unspecified atom stereocenters. The zero-order chi connectivity index (χ0) is 15.2. The quantitative estimate of drug-likeness (QED) is 0.827. The average molecular weight is 347 g/mol. The maximum absolute atomic E-state index is 11.4. The van der Waals surface area contributed by atoms with E-state index in [1.165, 1.54) is 4.68 Å². The summed E-state index contributed by atoms with van der Waals surface area (Å²) in [7, 11) is -4.22. The van der Waals surface area contributed by atoms with E-state index in [9.17, 15) is 14.4 Å². The Bertz CT molecular complexity index is 717. The third-order valence-corrected chi connectivity index (χ3v) is 4.74. The van der Waals surface area contributed by atoms with Crippen molar-refractivity contribution in [3.8, 4) is 5.69 Å². The topological polar surface area (TPSA) is 75.3 Å². The van der Waals surface area contributed by atoms with Crippen LogP contribution < -0.4 is 0 Å². The highest BCUT2D eigenvalue weighted by Gasteiger charge is 2.32. The number of hydrogen-bond acceptors (Lipinski definition) is 2. The molecule has 0 aliphatic heterocycles. The molecule has 1 fully saturated rings. The van der Waals surface area contributed by atoms with Gasteiger partial charge in [0.2, 0.25) is 0 Å². The van der Waals surface area contributed by atoms with E-state index in [0.29, 0.717) is 27.3 Å². The van der Waals surface area contributed by atoms with Gasteiger partial charge in [-0.15, -0.1) is 0 Å². The highest BCUT2D eigenvalue weighted by Crippen LogP contribution is 2.47. The van der Waals surface area contributed by atoms with E-state index in [4.69, 9.17) is 23.2 Å². The smallest absolute Gasteiger partial charge is 0.324 e. The third kappa shape index (κ3) is 3.17. The van der Waals surface area contributed by atoms with E-state index in [1.54, 1.807) is 24.4 Å². The molecule has 112 valence electrons. The Hall–Kier alpha value is -0.840. The number of rotatable bonds is 4. The van der Waals surface area contributed by atoms with Gasteiger partial charge in [-0.1, -0.05) is 29.3 Å². The highest BCUT2D eigenvalue weighted by atomic mass is 35.5. The predicted octanol–water partition coefficient (Wildman–Crippen LogP) is 3.73. The fourth-order valence-electron chi connectivity index (χ4n) is 2.36. The summed E-state index contributed by atoms with van der Waals surface area (Å²) >= 11 is 12.3. The van der Waals surface area contributed by atoms with E-state index in [-0.39, 0.29) is 6.16 Å². The Labute approximate surface area is 131 Å². The molecular formula is C13H13Cl2N2O3P. The first kappa shape index (κ1) is 15.1. The molecule has 0 radical (unpaired) electrons. The van der Waals surface area contributed by atoms with Crippen LogP contribution in [0.3, 0.4) is 0 Å². The molecule has 1 aromatic heterocycles. The summed E-state index contributed by atoms with van der Waals surface area (Å²) in [4.78, 5) is 18.7. The summed E-state index contributed by atoms with van der Waals surface area (Å²) in [6, 6.07) is 5.05. The van der Waals surface area contributed by atoms with Gasteiger partial charge in [-0.3, -0.25) is 4.57 Å². The van der Waals surface area contributed by atoms with E-state index < -0.39 is 7.60 Å². The number of benzene rings is 1. The van der Waals surface area contributed by atoms with Crippen LogP contribution in [-0.2, 0) is 10.7 Å². The molecule has 5 nitrogen and oxygen atoms in total. The van der Waals surface area contributed by atoms with Crippen LogP contribution in [0.25, 0.3) is 5.69 Å². The summed E-state index contributed by atoms with van der Waals surface area (Å²) in [6.45, 7) is 0. The van der Waals surface area contributed by atoms with Gasteiger partial charge in [0, 0.05) is 0 Å². The first-order valence-electron chi connectivity index (χ1n) is 6.42. The summed E-state index contributed by atoms with van der Waals surface area (Å²) < 4.78 is 12.9. The van der Waals surface area contributed by atoms with Crippen molar-refractivity contribution in [1.29, 1.82) is 0 Å². The van der Waals surface area contributed by atoms with Crippen LogP contribution in [0.4, 0.5) is 0 Å². The van der Waals surface area contributed by atoms with Crippen LogP contribution in [0.5, 0.6) is 0 Å². The second kappa shape index (κ2) is 5.41. The molecule has 0 saturated heterocycles. The normalized spacial score (nSPS) is 15.4. The lowest BCUT2D eigenvalue weighted by atomic mass is 10.2. The standard InChI is InChI=1S/C13H13Cl2N2O3P/c14-10-2-1-3-11(15)13(10)17-12(7-21(18,19)20)9(6-16-17)8-4-5-8/h1-3,6,8H,4-5,7H2,(H2,18,19,20). The number of halogens is 2. The molecule has 1 aliphatic rings. The van der Waals surface area contributed by atoms with Gasteiger partial charge in [0.25, 0.3) is 0 Å². The summed E-state index contributed by atoms with van der Waals surface area (Å²) in [5.41, 5.74) is 1.81. The molecule has 1 aliphatic carbocycles. The van der Waals surface area contributed by atoms with Gasteiger partial charge in [0.1, 0.15) is 5.69 Å². The van der Waals surface area contributed by atoms with Crippen molar-refractivity contribution in [2.45, 2.75) is 24.9 Å². The van der Waals surface area contributed by atoms with Gasteiger partial charge >= 0.3 is 7.60 Å². The molecule has 1 saturated carbocycles. The number of hydrogen-bond donors (Lipinski definition) is 2. The van der Waals surface area contributed by atoms with Gasteiger partial charge in [-0.2, -0.15) is 5.10 Å². The Morgan fingerprint density at radius 2 is 1.90 bits per heavy atom. The van der Waals surface area contributed by atoms with Gasteiger partial charge in [-0.25, -0.2) is 4.68 Å². The van der Waals surface area contributed by atoms with Gasteiger partial charge in [0.15, 0.2) is 0 Å². The lowest BCUT2D eigenvalue weighted by Gasteiger charge is -2.13. The Balaban J connectivity index is 2.16. The van der Waals surface area contributed by atoms with Crippen LogP contribution in [0.2, 0.25) is 10.0 Å². The molecule has 0 spiro atoms. The molecule has 3 rings (SSSR count). The molecule has 0 amide bonds. The minimum atomic E-state index is -4.22. The number of para-hydroxylation sites is 1. The maximum atomic E-state index is 11.4. The van der Waals surface area contributed by atoms with Crippen LogP contribution in [-0.4, -0.2) is 19.6 Å². The number of nitrogens with zero attached hydrogens (tertiary/aromatic N) is 2. The first-order valence-corrected chi connectivity index (χ1v) is 8.98. The van der Waals surface area contributed by atoms with E-state index >= 15 is 0 Å². The molecule has 0 atom stereocenters. The molecule has 2 aromatic rings. The summed E-state index contributed by atoms with van der Waals surface area (Å²) in [5.74, 6) is 0.321. The zero-order valence-corrected chi connectivity index (χ0v) is 13.3. The van der Waals surface area contributed by atoms with E-state index in [0.717, 1.165) is 18.4 Å². The lowest BCUT2D eigenvalue weighted by molar-refractivity contribution is 0.370. The molecule has 0 bridgehead atoms. The third-order valence-electron chi connectivity index (χ3n) is 3.42. The molecule has 8 heteroatoms. The van der Waals surface area contributed by atoms with Crippen molar-refractivity contribution >= 4 is 30.8 Å². The van der Waals surface area contributed by atoms with E-state index in [1.807, 2.05) is 0 Å². The largest absolute Gasteiger partial charge is 0.331 e. The number of aromatic nitrogens is 2. The Morgan fingerprint density at radius 1 is 1.29 bits per heavy atom. The van der Waals surface area contributed by atoms with Crippen LogP contribution in [0.15, 0.2) is 24.4 Å². The summed E-state index contributed by atoms with van der Waals surface area (Å²) in [5, 5.41) is 5.04. The SMILES string of the molecule is O=P(O)(O)Cc1c(C2CC2)cnn1-c1c(Cl)cccc1Cl. The first-order chi connectivity index (χ1) is 9.87. The molecule has 1 heterocycles. The lowest BCUT2D eigenvalue weighted by Crippen LogP contribution is -2.05. The highest BCUT2D eigenvalue weighted by molar-refractivity contribution is 7.50. The Morgan fingerprint density at radius 3 is 2.43 bits per heavy atom. The Kier molecular flexibility index (Phi) is 3.89. The van der Waals surface area contributed by atoms with Gasteiger partial charge in [-0.05, 0) is 36.5 Å². The van der Waals surface area contributed by atoms with Crippen molar-refractivity contribution in [2.24, 2.45) is 0 Å². The molecular weight excluding hydrogens is 334 g/mol. The molecule has 1 aromatic carbocycles. The fourth-order valence-corrected chi connectivity index (χ4v) is 3.62. The minimum absolute atomic E-state index is 0.321. The second-order valence-electron chi connectivity index (χ2n) is 5.13. The average Bonchev–Trinajstić information content (AvgIpc) is 3.12. The van der Waals surface area contributed by atoms with Crippen molar-refractivity contribution in [1.82, 2.24) is 9.78 Å².